The quantitative estimate of drug-likeness (QED) is 0.566. The molecule has 0 saturated heterocycles. The molecule has 2 rings (SSSR count). The van der Waals surface area contributed by atoms with Gasteiger partial charge in [0.2, 0.25) is 12.6 Å². The van der Waals surface area contributed by atoms with Crippen LogP contribution in [-0.2, 0) is 20.7 Å². The molecular weight excluding hydrogens is 334 g/mol. The third-order valence-electron chi connectivity index (χ3n) is 3.81. The van der Waals surface area contributed by atoms with E-state index in [0.29, 0.717) is 0 Å². The Bertz CT molecular complexity index is 645. The van der Waals surface area contributed by atoms with Gasteiger partial charge in [0.25, 0.3) is 5.54 Å². The van der Waals surface area contributed by atoms with Gasteiger partial charge in [-0.05, 0) is 19.4 Å². The maximum absolute atomic E-state index is 12.0. The minimum Gasteiger partial charge on any atom is -0.480 e. The van der Waals surface area contributed by atoms with E-state index in [1.165, 1.54) is 20.1 Å². The van der Waals surface area contributed by atoms with E-state index in [1.807, 2.05) is 6.07 Å². The summed E-state index contributed by atoms with van der Waals surface area (Å²) in [6.45, 7) is 2.97. The standard InChI is InChI=1S/C16H19NO6S/c1-15(2,14(18)19)24-10-16(17(20)21,13-9-22-11-23-13)8-12-6-4-3-5-7-12/h3-7,9H,8,10-11H2,1-2H3,(H,18,19). The Morgan fingerprint density at radius 2 is 2.04 bits per heavy atom. The fourth-order valence-electron chi connectivity index (χ4n) is 2.20. The van der Waals surface area contributed by atoms with E-state index in [9.17, 15) is 20.0 Å². The molecule has 1 aliphatic rings. The Kier molecular flexibility index (Phi) is 5.38. The van der Waals surface area contributed by atoms with Gasteiger partial charge in [0.05, 0.1) is 12.2 Å². The van der Waals surface area contributed by atoms with Gasteiger partial charge in [-0.3, -0.25) is 14.9 Å². The van der Waals surface area contributed by atoms with Crippen molar-refractivity contribution in [2.45, 2.75) is 30.6 Å². The first-order valence-electron chi connectivity index (χ1n) is 7.29. The molecule has 1 aromatic rings. The van der Waals surface area contributed by atoms with Crippen LogP contribution in [0.2, 0.25) is 0 Å². The third kappa shape index (κ3) is 3.81. The molecule has 7 nitrogen and oxygen atoms in total. The molecule has 0 bridgehead atoms. The van der Waals surface area contributed by atoms with Gasteiger partial charge < -0.3 is 14.6 Å². The Labute approximate surface area is 143 Å². The highest BCUT2D eigenvalue weighted by Gasteiger charge is 2.52. The van der Waals surface area contributed by atoms with E-state index in [2.05, 4.69) is 0 Å². The van der Waals surface area contributed by atoms with E-state index in [0.717, 1.165) is 17.3 Å². The largest absolute Gasteiger partial charge is 0.480 e. The van der Waals surface area contributed by atoms with Gasteiger partial charge in [-0.2, -0.15) is 0 Å². The van der Waals surface area contributed by atoms with Crippen LogP contribution >= 0.6 is 11.8 Å². The molecule has 0 saturated carbocycles. The van der Waals surface area contributed by atoms with E-state index in [1.54, 1.807) is 24.3 Å². The molecule has 1 atom stereocenters. The molecule has 1 aromatic carbocycles. The van der Waals surface area contributed by atoms with Gasteiger partial charge in [-0.25, -0.2) is 0 Å². The lowest BCUT2D eigenvalue weighted by Crippen LogP contribution is -2.47. The zero-order chi connectivity index (χ0) is 17.8. The molecule has 0 aromatic heterocycles. The Morgan fingerprint density at radius 3 is 2.54 bits per heavy atom. The fraction of sp³-hybridized carbons (Fsp3) is 0.438. The molecule has 0 spiro atoms. The van der Waals surface area contributed by atoms with Gasteiger partial charge >= 0.3 is 5.97 Å². The molecular formula is C16H19NO6S. The van der Waals surface area contributed by atoms with Gasteiger partial charge in [0, 0.05) is 4.92 Å². The number of hydrogen-bond donors (Lipinski definition) is 1. The average Bonchev–Trinajstić information content (AvgIpc) is 3.06. The van der Waals surface area contributed by atoms with Gasteiger partial charge in [-0.15, -0.1) is 11.8 Å². The molecule has 1 heterocycles. The topological polar surface area (TPSA) is 98.9 Å². The summed E-state index contributed by atoms with van der Waals surface area (Å²) in [5, 5.41) is 21.2. The summed E-state index contributed by atoms with van der Waals surface area (Å²) in [6, 6.07) is 9.01. The van der Waals surface area contributed by atoms with Crippen molar-refractivity contribution in [1.29, 1.82) is 0 Å². The van der Waals surface area contributed by atoms with Crippen LogP contribution < -0.4 is 0 Å². The predicted molar refractivity (Wildman–Crippen MR) is 89.2 cm³/mol. The van der Waals surface area contributed by atoms with Crippen molar-refractivity contribution in [2.75, 3.05) is 12.5 Å². The second-order valence-electron chi connectivity index (χ2n) is 5.97. The number of carbonyl (C=O) groups is 1. The lowest BCUT2D eigenvalue weighted by atomic mass is 9.91. The molecule has 1 N–H and O–H groups in total. The average molecular weight is 353 g/mol. The highest BCUT2D eigenvalue weighted by Crippen LogP contribution is 2.37. The smallest absolute Gasteiger partial charge is 0.319 e. The van der Waals surface area contributed by atoms with Crippen LogP contribution in [0.3, 0.4) is 0 Å². The number of rotatable bonds is 8. The second-order valence-corrected chi connectivity index (χ2v) is 7.56. The van der Waals surface area contributed by atoms with Crippen molar-refractivity contribution in [1.82, 2.24) is 0 Å². The Balaban J connectivity index is 2.35. The van der Waals surface area contributed by atoms with Crippen LogP contribution in [0.4, 0.5) is 0 Å². The molecule has 1 unspecified atom stereocenters. The van der Waals surface area contributed by atoms with Crippen molar-refractivity contribution < 1.29 is 24.3 Å². The minimum atomic E-state index is -1.59. The fourth-order valence-corrected chi connectivity index (χ4v) is 3.27. The van der Waals surface area contributed by atoms with Crippen LogP contribution in [0.25, 0.3) is 0 Å². The van der Waals surface area contributed by atoms with Crippen LogP contribution in [0, 0.1) is 10.1 Å². The summed E-state index contributed by atoms with van der Waals surface area (Å²) >= 11 is 1.01. The summed E-state index contributed by atoms with van der Waals surface area (Å²) < 4.78 is 9.18. The Morgan fingerprint density at radius 1 is 1.38 bits per heavy atom. The number of nitro groups is 1. The lowest BCUT2D eigenvalue weighted by molar-refractivity contribution is -0.556. The summed E-state index contributed by atoms with van der Waals surface area (Å²) in [6.07, 6.45) is 1.33. The summed E-state index contributed by atoms with van der Waals surface area (Å²) in [5.41, 5.74) is -0.825. The van der Waals surface area contributed by atoms with Crippen molar-refractivity contribution in [3.63, 3.8) is 0 Å². The maximum Gasteiger partial charge on any atom is 0.319 e. The zero-order valence-electron chi connectivity index (χ0n) is 13.4. The van der Waals surface area contributed by atoms with E-state index in [4.69, 9.17) is 9.47 Å². The monoisotopic (exact) mass is 353 g/mol. The molecule has 24 heavy (non-hydrogen) atoms. The number of aliphatic carboxylic acids is 1. The number of ether oxygens (including phenoxy) is 2. The van der Waals surface area contributed by atoms with Gasteiger partial charge in [-0.1, -0.05) is 30.3 Å². The van der Waals surface area contributed by atoms with Crippen LogP contribution in [0.5, 0.6) is 0 Å². The SMILES string of the molecule is CC(C)(SCC(Cc1ccccc1)(C1=COCO1)[N+](=O)[O-])C(=O)O. The maximum atomic E-state index is 12.0. The number of hydrogen-bond acceptors (Lipinski definition) is 6. The summed E-state index contributed by atoms with van der Waals surface area (Å²) in [7, 11) is 0. The van der Waals surface area contributed by atoms with Crippen molar-refractivity contribution in [3.8, 4) is 0 Å². The van der Waals surface area contributed by atoms with E-state index >= 15 is 0 Å². The molecule has 0 aliphatic carbocycles. The summed E-state index contributed by atoms with van der Waals surface area (Å²) in [4.78, 5) is 22.9. The first-order chi connectivity index (χ1) is 11.3. The number of nitrogens with zero attached hydrogens (tertiary/aromatic N) is 1. The molecule has 8 heteroatoms. The number of benzene rings is 1. The van der Waals surface area contributed by atoms with E-state index in [-0.39, 0.29) is 24.7 Å². The van der Waals surface area contributed by atoms with Gasteiger partial charge in [0.1, 0.15) is 11.0 Å². The first-order valence-corrected chi connectivity index (χ1v) is 8.27. The first kappa shape index (κ1) is 18.1. The molecule has 0 amide bonds. The third-order valence-corrected chi connectivity index (χ3v) is 5.33. The second kappa shape index (κ2) is 7.12. The number of thioether (sulfide) groups is 1. The highest BCUT2D eigenvalue weighted by atomic mass is 32.2. The van der Waals surface area contributed by atoms with E-state index < -0.39 is 21.2 Å². The predicted octanol–water partition coefficient (Wildman–Crippen LogP) is 2.69. The Hall–Kier alpha value is -2.22. The van der Waals surface area contributed by atoms with Crippen molar-refractivity contribution in [3.05, 3.63) is 58.0 Å². The van der Waals surface area contributed by atoms with Crippen LogP contribution in [0.1, 0.15) is 19.4 Å². The molecule has 1 aliphatic heterocycles. The molecule has 0 fully saturated rings. The zero-order valence-corrected chi connectivity index (χ0v) is 14.2. The van der Waals surface area contributed by atoms with Crippen LogP contribution in [-0.4, -0.2) is 38.8 Å². The van der Waals surface area contributed by atoms with Crippen LogP contribution in [0.15, 0.2) is 42.4 Å². The normalized spacial score (nSPS) is 16.5. The van der Waals surface area contributed by atoms with Gasteiger partial charge in [0.15, 0.2) is 0 Å². The highest BCUT2D eigenvalue weighted by molar-refractivity contribution is 8.01. The lowest BCUT2D eigenvalue weighted by Gasteiger charge is -2.28. The minimum absolute atomic E-state index is 0.0522. The van der Waals surface area contributed by atoms with Crippen molar-refractivity contribution in [2.24, 2.45) is 0 Å². The summed E-state index contributed by atoms with van der Waals surface area (Å²) in [5.74, 6) is -0.962. The molecule has 130 valence electrons. The van der Waals surface area contributed by atoms with Crippen molar-refractivity contribution >= 4 is 17.7 Å². The number of carboxylic acid groups (broad SMARTS) is 1. The number of carboxylic acids is 1. The molecule has 0 radical (unpaired) electrons.